The molecule has 1 aromatic carbocycles. The SMILES string of the molecule is CN(C(=O)C1(NC(N)=O)CC1)c1nc2c(s1)C[C@@H](c1ccccc1)CC2. The Hall–Kier alpha value is -2.41. The lowest BCUT2D eigenvalue weighted by molar-refractivity contribution is -0.121. The van der Waals surface area contributed by atoms with E-state index in [0.717, 1.165) is 25.0 Å². The number of thiazole rings is 1. The van der Waals surface area contributed by atoms with Crippen LogP contribution in [-0.2, 0) is 17.6 Å². The third kappa shape index (κ3) is 3.07. The lowest BCUT2D eigenvalue weighted by atomic mass is 9.85. The number of hydrogen-bond donors (Lipinski definition) is 2. The molecule has 0 spiro atoms. The number of nitrogens with zero attached hydrogens (tertiary/aromatic N) is 2. The fraction of sp³-hybridized carbons (Fsp3) is 0.421. The van der Waals surface area contributed by atoms with Gasteiger partial charge in [-0.2, -0.15) is 0 Å². The molecule has 0 unspecified atom stereocenters. The van der Waals surface area contributed by atoms with Crippen LogP contribution < -0.4 is 16.0 Å². The lowest BCUT2D eigenvalue weighted by Crippen LogP contribution is -2.51. The zero-order valence-corrected chi connectivity index (χ0v) is 15.5. The van der Waals surface area contributed by atoms with Crippen molar-refractivity contribution in [3.63, 3.8) is 0 Å². The maximum atomic E-state index is 12.8. The van der Waals surface area contributed by atoms with E-state index in [1.54, 1.807) is 23.3 Å². The summed E-state index contributed by atoms with van der Waals surface area (Å²) < 4.78 is 0. The monoisotopic (exact) mass is 370 g/mol. The highest BCUT2D eigenvalue weighted by Crippen LogP contribution is 2.41. The molecule has 1 atom stereocenters. The number of fused-ring (bicyclic) bond motifs is 1. The van der Waals surface area contributed by atoms with Crippen LogP contribution >= 0.6 is 11.3 Å². The Morgan fingerprint density at radius 2 is 2.04 bits per heavy atom. The first kappa shape index (κ1) is 17.0. The van der Waals surface area contributed by atoms with E-state index in [2.05, 4.69) is 29.6 Å². The Kier molecular flexibility index (Phi) is 4.19. The van der Waals surface area contributed by atoms with Crippen LogP contribution in [0.3, 0.4) is 0 Å². The fourth-order valence-corrected chi connectivity index (χ4v) is 4.82. The van der Waals surface area contributed by atoms with Gasteiger partial charge in [-0.25, -0.2) is 9.78 Å². The van der Waals surface area contributed by atoms with Gasteiger partial charge in [-0.05, 0) is 43.6 Å². The third-order valence-corrected chi connectivity index (χ3v) is 6.51. The Morgan fingerprint density at radius 3 is 2.69 bits per heavy atom. The van der Waals surface area contributed by atoms with Crippen molar-refractivity contribution < 1.29 is 9.59 Å². The average Bonchev–Trinajstić information content (AvgIpc) is 3.28. The van der Waals surface area contributed by atoms with Crippen molar-refractivity contribution in [2.45, 2.75) is 43.6 Å². The summed E-state index contributed by atoms with van der Waals surface area (Å²) in [5.74, 6) is 0.367. The molecule has 4 rings (SSSR count). The smallest absolute Gasteiger partial charge is 0.313 e. The third-order valence-electron chi connectivity index (χ3n) is 5.31. The van der Waals surface area contributed by atoms with Gasteiger partial charge in [0.05, 0.1) is 5.69 Å². The van der Waals surface area contributed by atoms with Crippen molar-refractivity contribution >= 4 is 28.4 Å². The summed E-state index contributed by atoms with van der Waals surface area (Å²) in [5, 5.41) is 3.30. The van der Waals surface area contributed by atoms with E-state index < -0.39 is 11.6 Å². The molecule has 2 aromatic rings. The first-order valence-corrected chi connectivity index (χ1v) is 9.69. The second-order valence-electron chi connectivity index (χ2n) is 7.15. The average molecular weight is 370 g/mol. The number of benzene rings is 1. The largest absolute Gasteiger partial charge is 0.352 e. The molecule has 1 saturated carbocycles. The minimum absolute atomic E-state index is 0.137. The molecule has 0 aliphatic heterocycles. The molecule has 6 nitrogen and oxygen atoms in total. The van der Waals surface area contributed by atoms with Gasteiger partial charge in [0.15, 0.2) is 5.13 Å². The molecule has 1 fully saturated rings. The first-order chi connectivity index (χ1) is 12.5. The molecule has 2 aliphatic rings. The Bertz CT molecular complexity index is 844. The number of carbonyl (C=O) groups is 2. The minimum Gasteiger partial charge on any atom is -0.352 e. The first-order valence-electron chi connectivity index (χ1n) is 8.88. The number of aromatic nitrogens is 1. The summed E-state index contributed by atoms with van der Waals surface area (Å²) in [6, 6.07) is 9.90. The minimum atomic E-state index is -0.834. The molecule has 136 valence electrons. The number of rotatable bonds is 4. The molecule has 7 heteroatoms. The fourth-order valence-electron chi connectivity index (χ4n) is 3.68. The van der Waals surface area contributed by atoms with Crippen LogP contribution in [0.4, 0.5) is 9.93 Å². The molecule has 0 radical (unpaired) electrons. The van der Waals surface area contributed by atoms with Crippen LogP contribution in [0.25, 0.3) is 0 Å². The van der Waals surface area contributed by atoms with Gasteiger partial charge in [0, 0.05) is 11.9 Å². The van der Waals surface area contributed by atoms with Gasteiger partial charge >= 0.3 is 6.03 Å². The van der Waals surface area contributed by atoms with Crippen molar-refractivity contribution in [2.75, 3.05) is 11.9 Å². The number of carbonyl (C=O) groups excluding carboxylic acids is 2. The second kappa shape index (κ2) is 6.39. The predicted molar refractivity (Wildman–Crippen MR) is 101 cm³/mol. The van der Waals surface area contributed by atoms with E-state index in [9.17, 15) is 9.59 Å². The zero-order valence-electron chi connectivity index (χ0n) is 14.7. The molecule has 0 saturated heterocycles. The Morgan fingerprint density at radius 1 is 1.31 bits per heavy atom. The molecule has 0 bridgehead atoms. The topological polar surface area (TPSA) is 88.3 Å². The van der Waals surface area contributed by atoms with Gasteiger partial charge in [0.25, 0.3) is 5.91 Å². The van der Waals surface area contributed by atoms with Crippen LogP contribution in [-0.4, -0.2) is 29.5 Å². The van der Waals surface area contributed by atoms with E-state index >= 15 is 0 Å². The van der Waals surface area contributed by atoms with Crippen LogP contribution in [0, 0.1) is 0 Å². The van der Waals surface area contributed by atoms with Gasteiger partial charge in [-0.1, -0.05) is 30.3 Å². The Labute approximate surface area is 156 Å². The van der Waals surface area contributed by atoms with Crippen molar-refractivity contribution in [1.82, 2.24) is 10.3 Å². The van der Waals surface area contributed by atoms with Crippen molar-refractivity contribution in [3.8, 4) is 0 Å². The number of urea groups is 1. The lowest BCUT2D eigenvalue weighted by Gasteiger charge is -2.21. The number of hydrogen-bond acceptors (Lipinski definition) is 4. The summed E-state index contributed by atoms with van der Waals surface area (Å²) in [6.45, 7) is 0. The van der Waals surface area contributed by atoms with Gasteiger partial charge in [0.2, 0.25) is 0 Å². The van der Waals surface area contributed by atoms with E-state index in [-0.39, 0.29) is 5.91 Å². The van der Waals surface area contributed by atoms with Crippen molar-refractivity contribution in [1.29, 1.82) is 0 Å². The van der Waals surface area contributed by atoms with Crippen LogP contribution in [0.15, 0.2) is 30.3 Å². The number of nitrogens with one attached hydrogen (secondary N) is 1. The highest BCUT2D eigenvalue weighted by atomic mass is 32.1. The van der Waals surface area contributed by atoms with Gasteiger partial charge in [0.1, 0.15) is 5.54 Å². The number of likely N-dealkylation sites (N-methyl/N-ethyl adjacent to an activating group) is 1. The quantitative estimate of drug-likeness (QED) is 0.867. The normalized spacial score (nSPS) is 20.1. The Balaban J connectivity index is 1.51. The number of anilines is 1. The van der Waals surface area contributed by atoms with Gasteiger partial charge in [-0.3, -0.25) is 9.69 Å². The molecule has 2 aliphatic carbocycles. The summed E-state index contributed by atoms with van der Waals surface area (Å²) in [6.07, 6.45) is 4.22. The summed E-state index contributed by atoms with van der Waals surface area (Å²) in [4.78, 5) is 31.5. The number of amides is 3. The number of aryl methyl sites for hydroxylation is 1. The van der Waals surface area contributed by atoms with E-state index in [0.29, 0.717) is 23.9 Å². The highest BCUT2D eigenvalue weighted by molar-refractivity contribution is 7.16. The van der Waals surface area contributed by atoms with Gasteiger partial charge in [-0.15, -0.1) is 11.3 Å². The molecule has 3 amide bonds. The van der Waals surface area contributed by atoms with E-state index in [1.807, 2.05) is 6.07 Å². The highest BCUT2D eigenvalue weighted by Gasteiger charge is 2.53. The maximum Gasteiger partial charge on any atom is 0.313 e. The van der Waals surface area contributed by atoms with E-state index in [4.69, 9.17) is 10.7 Å². The summed E-state index contributed by atoms with van der Waals surface area (Å²) in [5.41, 5.74) is 6.84. The second-order valence-corrected chi connectivity index (χ2v) is 8.21. The molecule has 1 heterocycles. The van der Waals surface area contributed by atoms with Crippen molar-refractivity contribution in [3.05, 3.63) is 46.5 Å². The number of primary amides is 1. The molecule has 3 N–H and O–H groups in total. The number of nitrogens with two attached hydrogens (primary N) is 1. The summed E-state index contributed by atoms with van der Waals surface area (Å²) >= 11 is 1.58. The summed E-state index contributed by atoms with van der Waals surface area (Å²) in [7, 11) is 1.73. The molecule has 26 heavy (non-hydrogen) atoms. The molecule has 1 aromatic heterocycles. The van der Waals surface area contributed by atoms with Crippen molar-refractivity contribution in [2.24, 2.45) is 5.73 Å². The standard InChI is InChI=1S/C19H22N4O2S/c1-23(16(24)19(9-10-19)22-17(20)25)18-21-14-8-7-13(11-15(14)26-18)12-5-3-2-4-6-12/h2-6,13H,7-11H2,1H3,(H3,20,22,25)/t13-/m0/s1. The molecular formula is C19H22N4O2S. The maximum absolute atomic E-state index is 12.8. The zero-order chi connectivity index (χ0) is 18.3. The molecular weight excluding hydrogens is 348 g/mol. The van der Waals surface area contributed by atoms with Gasteiger partial charge < -0.3 is 11.1 Å². The van der Waals surface area contributed by atoms with E-state index in [1.165, 1.54) is 10.4 Å². The van der Waals surface area contributed by atoms with Crippen LogP contribution in [0.2, 0.25) is 0 Å². The van der Waals surface area contributed by atoms with Crippen LogP contribution in [0.1, 0.15) is 41.3 Å². The van der Waals surface area contributed by atoms with Crippen LogP contribution in [0.5, 0.6) is 0 Å². The predicted octanol–water partition coefficient (Wildman–Crippen LogP) is 2.58.